The Morgan fingerprint density at radius 1 is 1.50 bits per heavy atom. The molecule has 108 valence electrons. The van der Waals surface area contributed by atoms with Gasteiger partial charge < -0.3 is 9.84 Å². The molecule has 0 aliphatic heterocycles. The Labute approximate surface area is 121 Å². The van der Waals surface area contributed by atoms with Crippen LogP contribution in [0.1, 0.15) is 23.6 Å². The maximum Gasteiger partial charge on any atom is 0.307 e. The van der Waals surface area contributed by atoms with Crippen LogP contribution in [-0.4, -0.2) is 18.2 Å². The van der Waals surface area contributed by atoms with Crippen LogP contribution in [0.25, 0.3) is 0 Å². The summed E-state index contributed by atoms with van der Waals surface area (Å²) in [5.41, 5.74) is 3.46. The van der Waals surface area contributed by atoms with E-state index in [2.05, 4.69) is 19.4 Å². The lowest BCUT2D eigenvalue weighted by atomic mass is 10.0. The highest BCUT2D eigenvalue weighted by Gasteiger charge is 2.28. The summed E-state index contributed by atoms with van der Waals surface area (Å²) in [7, 11) is 1.66. The topological polar surface area (TPSA) is 46.5 Å². The van der Waals surface area contributed by atoms with Gasteiger partial charge in [0.15, 0.2) is 0 Å². The number of carboxylic acids is 1. The number of carboxylic acid groups (broad SMARTS) is 1. The number of rotatable bonds is 3. The first-order valence-electron chi connectivity index (χ1n) is 6.35. The molecule has 0 saturated carbocycles. The van der Waals surface area contributed by atoms with Crippen molar-refractivity contribution in [1.29, 1.82) is 0 Å². The molecule has 0 saturated heterocycles. The first-order valence-corrected chi connectivity index (χ1v) is 6.35. The van der Waals surface area contributed by atoms with Gasteiger partial charge in [0.1, 0.15) is 0 Å². The van der Waals surface area contributed by atoms with Crippen LogP contribution >= 0.6 is 0 Å². The normalized spacial score (nSPS) is 14.9. The number of hydrogen-bond donors (Lipinski definition) is 1. The molecule has 1 aromatic rings. The highest BCUT2D eigenvalue weighted by atomic mass is 16.5. The van der Waals surface area contributed by atoms with Crippen LogP contribution < -0.4 is 0 Å². The molecule has 1 aliphatic carbocycles. The smallest absolute Gasteiger partial charge is 0.307 e. The number of hydrogen-bond acceptors (Lipinski definition) is 2. The number of carbonyl (C=O) groups is 1. The van der Waals surface area contributed by atoms with E-state index in [0.29, 0.717) is 19.4 Å². The van der Waals surface area contributed by atoms with Crippen LogP contribution in [0.15, 0.2) is 30.9 Å². The number of fused-ring (bicyclic) bond motifs is 1. The van der Waals surface area contributed by atoms with Gasteiger partial charge in [-0.25, -0.2) is 0 Å². The maximum atomic E-state index is 10.9. The molecule has 1 atom stereocenters. The van der Waals surface area contributed by atoms with Crippen LogP contribution in [0.2, 0.25) is 0 Å². The summed E-state index contributed by atoms with van der Waals surface area (Å²) in [5.74, 6) is -0.951. The summed E-state index contributed by atoms with van der Waals surface area (Å²) in [5, 5.41) is 8.97. The van der Waals surface area contributed by atoms with Gasteiger partial charge in [-0.05, 0) is 36.5 Å². The monoisotopic (exact) mass is 274 g/mol. The largest absolute Gasteiger partial charge is 0.481 e. The average Bonchev–Trinajstić information content (AvgIpc) is 2.88. The first kappa shape index (κ1) is 17.9. The van der Waals surface area contributed by atoms with Gasteiger partial charge >= 0.3 is 5.97 Å². The lowest BCUT2D eigenvalue weighted by Crippen LogP contribution is -2.13. The van der Waals surface area contributed by atoms with E-state index in [1.54, 1.807) is 13.2 Å². The van der Waals surface area contributed by atoms with E-state index in [-0.39, 0.29) is 5.92 Å². The van der Waals surface area contributed by atoms with Crippen molar-refractivity contribution < 1.29 is 14.6 Å². The van der Waals surface area contributed by atoms with Crippen molar-refractivity contribution in [1.82, 2.24) is 0 Å². The third-order valence-corrected chi connectivity index (χ3v) is 2.94. The van der Waals surface area contributed by atoms with Crippen molar-refractivity contribution in [3.8, 4) is 12.8 Å². The predicted molar refractivity (Wildman–Crippen MR) is 81.4 cm³/mol. The van der Waals surface area contributed by atoms with Gasteiger partial charge in [-0.3, -0.25) is 4.79 Å². The Bertz CT molecular complexity index is 461. The van der Waals surface area contributed by atoms with E-state index in [1.807, 2.05) is 25.1 Å². The summed E-state index contributed by atoms with van der Waals surface area (Å²) in [6.45, 7) is 5.81. The molecule has 0 radical (unpaired) electrons. The number of benzene rings is 1. The zero-order valence-electron chi connectivity index (χ0n) is 12.1. The molecule has 0 unspecified atom stereocenters. The van der Waals surface area contributed by atoms with Crippen molar-refractivity contribution >= 4 is 5.97 Å². The molecule has 0 amide bonds. The van der Waals surface area contributed by atoms with Crippen molar-refractivity contribution in [2.24, 2.45) is 5.92 Å². The summed E-state index contributed by atoms with van der Waals surface area (Å²) in [6.07, 6.45) is 11.0. The average molecular weight is 274 g/mol. The van der Waals surface area contributed by atoms with E-state index < -0.39 is 5.97 Å². The van der Waals surface area contributed by atoms with E-state index >= 15 is 0 Å². The third-order valence-electron chi connectivity index (χ3n) is 2.94. The van der Waals surface area contributed by atoms with Gasteiger partial charge in [0.05, 0.1) is 12.5 Å². The Hall–Kier alpha value is -2.05. The number of ether oxygens (including phenoxy) is 1. The maximum absolute atomic E-state index is 10.9. The van der Waals surface area contributed by atoms with E-state index in [0.717, 1.165) is 11.1 Å². The number of allylic oxidation sites excluding steroid dienone is 1. The fourth-order valence-corrected chi connectivity index (χ4v) is 2.19. The fraction of sp³-hybridized carbons (Fsp3) is 0.353. The first-order chi connectivity index (χ1) is 9.63. The van der Waals surface area contributed by atoms with E-state index in [4.69, 9.17) is 9.84 Å². The molecule has 1 N–H and O–H groups in total. The van der Waals surface area contributed by atoms with Crippen LogP contribution in [-0.2, 0) is 29.0 Å². The van der Waals surface area contributed by atoms with Crippen LogP contribution in [0.4, 0.5) is 0 Å². The molecular weight excluding hydrogens is 252 g/mol. The SMILES string of the molecule is C#C.C=CC.COCc1cccc2c1C[C@@H](C(=O)O)C2. The van der Waals surface area contributed by atoms with E-state index in [9.17, 15) is 4.79 Å². The predicted octanol–water partition coefficient (Wildman–Crippen LogP) is 3.07. The second-order valence-electron chi connectivity index (χ2n) is 4.34. The summed E-state index contributed by atoms with van der Waals surface area (Å²) in [6, 6.07) is 5.99. The second-order valence-corrected chi connectivity index (χ2v) is 4.34. The van der Waals surface area contributed by atoms with Crippen molar-refractivity contribution in [2.75, 3.05) is 7.11 Å². The minimum absolute atomic E-state index is 0.252. The van der Waals surface area contributed by atoms with Crippen LogP contribution in [0.3, 0.4) is 0 Å². The highest BCUT2D eigenvalue weighted by molar-refractivity contribution is 5.72. The molecule has 0 heterocycles. The molecule has 20 heavy (non-hydrogen) atoms. The molecule has 3 nitrogen and oxygen atoms in total. The third kappa shape index (κ3) is 4.91. The summed E-state index contributed by atoms with van der Waals surface area (Å²) < 4.78 is 5.10. The number of aliphatic carboxylic acids is 1. The zero-order chi connectivity index (χ0) is 15.5. The van der Waals surface area contributed by atoms with Gasteiger partial charge in [0.2, 0.25) is 0 Å². The van der Waals surface area contributed by atoms with Gasteiger partial charge in [0.25, 0.3) is 0 Å². The molecule has 2 rings (SSSR count). The zero-order valence-corrected chi connectivity index (χ0v) is 12.1. The molecule has 0 bridgehead atoms. The van der Waals surface area contributed by atoms with Crippen molar-refractivity contribution in [3.05, 3.63) is 47.5 Å². The highest BCUT2D eigenvalue weighted by Crippen LogP contribution is 2.29. The Morgan fingerprint density at radius 2 is 2.10 bits per heavy atom. The molecule has 0 spiro atoms. The van der Waals surface area contributed by atoms with Gasteiger partial charge in [-0.15, -0.1) is 19.4 Å². The lowest BCUT2D eigenvalue weighted by molar-refractivity contribution is -0.141. The molecule has 0 fully saturated rings. The molecule has 3 heteroatoms. The summed E-state index contributed by atoms with van der Waals surface area (Å²) in [4.78, 5) is 10.9. The number of methoxy groups -OCH3 is 1. The molecular formula is C17H22O3. The number of terminal acetylenes is 1. The van der Waals surface area contributed by atoms with Gasteiger partial charge in [-0.2, -0.15) is 0 Å². The van der Waals surface area contributed by atoms with Gasteiger partial charge in [-0.1, -0.05) is 24.3 Å². The van der Waals surface area contributed by atoms with Crippen molar-refractivity contribution in [3.63, 3.8) is 0 Å². The minimum atomic E-state index is -0.699. The minimum Gasteiger partial charge on any atom is -0.481 e. The quantitative estimate of drug-likeness (QED) is 0.680. The standard InChI is InChI=1S/C12H14O3.C3H6.C2H2/c1-15-7-9-4-2-3-8-5-10(12(13)14)6-11(8)9;1-3-2;1-2/h2-4,10H,5-7H2,1H3,(H,13,14);3H,1H2,2H3;1-2H/t10-;;/m0../s1. The van der Waals surface area contributed by atoms with Gasteiger partial charge in [0, 0.05) is 7.11 Å². The van der Waals surface area contributed by atoms with Crippen LogP contribution in [0.5, 0.6) is 0 Å². The molecule has 1 aliphatic rings. The molecule has 1 aromatic carbocycles. The Balaban J connectivity index is 0.000000641. The van der Waals surface area contributed by atoms with Crippen LogP contribution in [0, 0.1) is 18.8 Å². The Kier molecular flexibility index (Phi) is 8.82. The van der Waals surface area contributed by atoms with Crippen molar-refractivity contribution in [2.45, 2.75) is 26.4 Å². The second kappa shape index (κ2) is 9.82. The fourth-order valence-electron chi connectivity index (χ4n) is 2.19. The van der Waals surface area contributed by atoms with E-state index in [1.165, 1.54) is 5.56 Å². The summed E-state index contributed by atoms with van der Waals surface area (Å²) >= 11 is 0. The lowest BCUT2D eigenvalue weighted by Gasteiger charge is -2.06. The molecule has 0 aromatic heterocycles. The Morgan fingerprint density at radius 3 is 2.60 bits per heavy atom.